The van der Waals surface area contributed by atoms with Crippen LogP contribution >= 0.6 is 35.3 Å². The molecular formula is C43H76N4O8S3. The van der Waals surface area contributed by atoms with Crippen molar-refractivity contribution in [2.75, 3.05) is 41.9 Å². The number of carboxylic acid groups (broad SMARTS) is 2. The van der Waals surface area contributed by atoms with Crippen LogP contribution in [0.2, 0.25) is 0 Å². The summed E-state index contributed by atoms with van der Waals surface area (Å²) in [5.74, 6) is 1.26. The molecule has 1 aromatic heterocycles. The number of thioether (sulfide) groups is 3. The molecule has 334 valence electrons. The number of nitrogens with zero attached hydrogens (tertiary/aromatic N) is 2. The fraction of sp³-hybridized carbons (Fsp3) is 0.814. The average molecular weight is 873 g/mol. The minimum absolute atomic E-state index is 0.0874. The highest BCUT2D eigenvalue weighted by atomic mass is 32.2. The molecule has 3 atom stereocenters. The van der Waals surface area contributed by atoms with Gasteiger partial charge in [0, 0.05) is 54.4 Å². The van der Waals surface area contributed by atoms with E-state index < -0.39 is 18.0 Å². The molecule has 0 bridgehead atoms. The van der Waals surface area contributed by atoms with Crippen molar-refractivity contribution in [1.29, 1.82) is 0 Å². The van der Waals surface area contributed by atoms with Gasteiger partial charge < -0.3 is 30.2 Å². The van der Waals surface area contributed by atoms with Crippen molar-refractivity contribution >= 4 is 65.0 Å². The number of carbonyl (C=O) groups excluding carboxylic acids is 3. The number of aryl methyl sites for hydroxylation is 1. The van der Waals surface area contributed by atoms with Gasteiger partial charge in [0.05, 0.1) is 32.2 Å². The number of rotatable bonds is 41. The van der Waals surface area contributed by atoms with Crippen LogP contribution in [0.25, 0.3) is 0 Å². The van der Waals surface area contributed by atoms with Gasteiger partial charge in [-0.25, -0.2) is 4.98 Å². The average Bonchev–Trinajstić information content (AvgIpc) is 3.72. The maximum Gasteiger partial charge on any atom is 0.306 e. The summed E-state index contributed by atoms with van der Waals surface area (Å²) in [4.78, 5) is 64.9. The molecule has 0 aliphatic heterocycles. The summed E-state index contributed by atoms with van der Waals surface area (Å²) in [6.07, 6.45) is 25.1. The summed E-state index contributed by atoms with van der Waals surface area (Å²) < 4.78 is 7.71. The summed E-state index contributed by atoms with van der Waals surface area (Å²) in [7, 11) is 0. The van der Waals surface area contributed by atoms with E-state index in [-0.39, 0.29) is 42.3 Å². The second kappa shape index (κ2) is 37.6. The lowest BCUT2D eigenvalue weighted by Gasteiger charge is -2.19. The smallest absolute Gasteiger partial charge is 0.306 e. The molecule has 0 aliphatic carbocycles. The van der Waals surface area contributed by atoms with E-state index in [9.17, 15) is 24.0 Å². The Bertz CT molecular complexity index is 1210. The second-order valence-electron chi connectivity index (χ2n) is 15.1. The van der Waals surface area contributed by atoms with E-state index in [1.807, 2.05) is 10.8 Å². The van der Waals surface area contributed by atoms with Crippen LogP contribution in [0, 0.1) is 5.92 Å². The molecule has 15 heteroatoms. The summed E-state index contributed by atoms with van der Waals surface area (Å²) in [5.41, 5.74) is 0. The Morgan fingerprint density at radius 3 is 1.98 bits per heavy atom. The predicted molar refractivity (Wildman–Crippen MR) is 241 cm³/mol. The quantitative estimate of drug-likeness (QED) is 0.0363. The van der Waals surface area contributed by atoms with Crippen LogP contribution in [-0.4, -0.2) is 103 Å². The van der Waals surface area contributed by atoms with E-state index in [0.717, 1.165) is 50.8 Å². The van der Waals surface area contributed by atoms with E-state index in [1.165, 1.54) is 64.2 Å². The van der Waals surface area contributed by atoms with Crippen LogP contribution in [0.1, 0.15) is 155 Å². The lowest BCUT2D eigenvalue weighted by Crippen LogP contribution is -2.47. The van der Waals surface area contributed by atoms with Gasteiger partial charge in [-0.3, -0.25) is 24.0 Å². The number of esters is 1. The minimum atomic E-state index is -0.831. The Kier molecular flexibility index (Phi) is 34.8. The van der Waals surface area contributed by atoms with Gasteiger partial charge in [-0.15, -0.1) is 0 Å². The highest BCUT2D eigenvalue weighted by Gasteiger charge is 2.21. The minimum Gasteiger partial charge on any atom is -0.481 e. The Hall–Kier alpha value is -2.39. The zero-order chi connectivity index (χ0) is 42.5. The summed E-state index contributed by atoms with van der Waals surface area (Å²) >= 11 is 4.80. The monoisotopic (exact) mass is 872 g/mol. The molecular weight excluding hydrogens is 797 g/mol. The van der Waals surface area contributed by atoms with Crippen molar-refractivity contribution < 1.29 is 38.9 Å². The van der Waals surface area contributed by atoms with Crippen molar-refractivity contribution in [1.82, 2.24) is 20.2 Å². The fourth-order valence-corrected chi connectivity index (χ4v) is 9.72. The molecule has 12 nitrogen and oxygen atoms in total. The van der Waals surface area contributed by atoms with Gasteiger partial charge in [0.1, 0.15) is 6.04 Å². The normalized spacial score (nSPS) is 12.8. The first kappa shape index (κ1) is 53.6. The van der Waals surface area contributed by atoms with Crippen LogP contribution in [0.15, 0.2) is 18.7 Å². The number of hydrogen-bond donors (Lipinski definition) is 4. The predicted octanol–water partition coefficient (Wildman–Crippen LogP) is 9.00. The lowest BCUT2D eigenvalue weighted by atomic mass is 9.95. The number of hydrogen-bond acceptors (Lipinski definition) is 10. The van der Waals surface area contributed by atoms with Crippen LogP contribution in [-0.2, 0) is 35.3 Å². The number of aliphatic carboxylic acids is 2. The number of carboxylic acids is 2. The molecule has 1 heterocycles. The number of unbranched alkanes of at least 4 members (excludes halogenated alkanes) is 9. The standard InChI is InChI=1S/C43H76N4O8S3/c1-3-5-7-9-10-12-17-36(16-11-8-6-4-2)34-55-42(53)24-32-57-30-21-38(43(54)45-25-15-27-47-28-26-44-35-47)46-39(48)19-14-13-18-37(58-33-23-41(51)52)20-29-56-31-22-40(49)50/h26,28,35-38H,3-25,27,29-34H2,1-2H3,(H,45,54)(H,46,48)(H,49,50)(H,51,52). The Morgan fingerprint density at radius 1 is 0.690 bits per heavy atom. The molecule has 4 N–H and O–H groups in total. The number of amides is 2. The molecule has 0 aromatic carbocycles. The maximum atomic E-state index is 13.3. The van der Waals surface area contributed by atoms with Crippen LogP contribution in [0.3, 0.4) is 0 Å². The topological polar surface area (TPSA) is 177 Å². The third kappa shape index (κ3) is 32.5. The maximum absolute atomic E-state index is 13.3. The Morgan fingerprint density at radius 2 is 1.31 bits per heavy atom. The Balaban J connectivity index is 2.57. The van der Waals surface area contributed by atoms with Crippen LogP contribution < -0.4 is 10.6 Å². The second-order valence-corrected chi connectivity index (χ2v) is 19.0. The van der Waals surface area contributed by atoms with Gasteiger partial charge in [-0.1, -0.05) is 84.5 Å². The van der Waals surface area contributed by atoms with Crippen LogP contribution in [0.5, 0.6) is 0 Å². The molecule has 3 unspecified atom stereocenters. The lowest BCUT2D eigenvalue weighted by molar-refractivity contribution is -0.144. The molecule has 0 fully saturated rings. The van der Waals surface area contributed by atoms with Crippen molar-refractivity contribution in [3.05, 3.63) is 18.7 Å². The van der Waals surface area contributed by atoms with Crippen molar-refractivity contribution in [2.24, 2.45) is 5.92 Å². The van der Waals surface area contributed by atoms with Crippen molar-refractivity contribution in [3.8, 4) is 0 Å². The van der Waals surface area contributed by atoms with Gasteiger partial charge in [-0.2, -0.15) is 35.3 Å². The molecule has 0 saturated carbocycles. The first-order valence-electron chi connectivity index (χ1n) is 22.0. The molecule has 1 aromatic rings. The molecule has 58 heavy (non-hydrogen) atoms. The fourth-order valence-electron chi connectivity index (χ4n) is 6.43. The van der Waals surface area contributed by atoms with E-state index in [0.29, 0.717) is 61.3 Å². The van der Waals surface area contributed by atoms with Crippen molar-refractivity contribution in [2.45, 2.75) is 173 Å². The molecule has 2 amide bonds. The first-order valence-corrected chi connectivity index (χ1v) is 25.4. The van der Waals surface area contributed by atoms with E-state index in [1.54, 1.807) is 47.8 Å². The SMILES string of the molecule is CCCCCCCCC(CCCCCC)COC(=O)CCSCCC(NC(=O)CCCCC(CCSCCC(=O)O)SCCC(=O)O)C(=O)NCCCn1ccnc1. The zero-order valence-corrected chi connectivity index (χ0v) is 38.1. The number of aromatic nitrogens is 2. The Labute approximate surface area is 362 Å². The van der Waals surface area contributed by atoms with Crippen molar-refractivity contribution in [3.63, 3.8) is 0 Å². The molecule has 0 spiro atoms. The number of ether oxygens (including phenoxy) is 1. The van der Waals surface area contributed by atoms with Gasteiger partial charge in [0.15, 0.2) is 0 Å². The summed E-state index contributed by atoms with van der Waals surface area (Å²) in [6, 6.07) is -0.683. The first-order chi connectivity index (χ1) is 28.1. The van der Waals surface area contributed by atoms with E-state index in [2.05, 4.69) is 29.5 Å². The number of nitrogens with one attached hydrogen (secondary N) is 2. The largest absolute Gasteiger partial charge is 0.481 e. The van der Waals surface area contributed by atoms with E-state index >= 15 is 0 Å². The van der Waals surface area contributed by atoms with Gasteiger partial charge in [0.2, 0.25) is 11.8 Å². The molecule has 1 rings (SSSR count). The number of imidazole rings is 1. The van der Waals surface area contributed by atoms with Gasteiger partial charge in [0.25, 0.3) is 0 Å². The summed E-state index contributed by atoms with van der Waals surface area (Å²) in [6.45, 7) is 6.14. The van der Waals surface area contributed by atoms with E-state index in [4.69, 9.17) is 14.9 Å². The highest BCUT2D eigenvalue weighted by molar-refractivity contribution is 8.00. The number of carbonyl (C=O) groups is 5. The van der Waals surface area contributed by atoms with Gasteiger partial charge in [-0.05, 0) is 62.4 Å². The summed E-state index contributed by atoms with van der Waals surface area (Å²) in [5, 5.41) is 24.1. The molecule has 0 saturated heterocycles. The molecule has 0 radical (unpaired) electrons. The highest BCUT2D eigenvalue weighted by Crippen LogP contribution is 2.24. The molecule has 0 aliphatic rings. The van der Waals surface area contributed by atoms with Gasteiger partial charge >= 0.3 is 17.9 Å². The zero-order valence-electron chi connectivity index (χ0n) is 35.6. The third-order valence-electron chi connectivity index (χ3n) is 9.91. The van der Waals surface area contributed by atoms with Crippen LogP contribution in [0.4, 0.5) is 0 Å². The third-order valence-corrected chi connectivity index (χ3v) is 13.3.